The van der Waals surface area contributed by atoms with Crippen molar-refractivity contribution in [1.29, 1.82) is 0 Å². The molecule has 0 aromatic heterocycles. The standard InChI is InChI=1S/C25H31ClN2O2/c1-2-8-24(29)28(18-20-13-15-21(26)16-14-20)23(17-19-9-4-3-5-10-19)25(30)27-22-11-6-7-12-22/h3-5,9-10,13-16,22-23H,2,6-8,11-12,17-18H2,1H3,(H,27,30)/t23-/m0/s1. The number of benzene rings is 2. The van der Waals surface area contributed by atoms with Crippen LogP contribution >= 0.6 is 11.6 Å². The Hall–Kier alpha value is -2.33. The third-order valence-electron chi connectivity index (χ3n) is 5.70. The first-order chi connectivity index (χ1) is 14.6. The van der Waals surface area contributed by atoms with E-state index in [9.17, 15) is 9.59 Å². The number of amides is 2. The fourth-order valence-corrected chi connectivity index (χ4v) is 4.19. The van der Waals surface area contributed by atoms with E-state index in [0.29, 0.717) is 24.4 Å². The minimum Gasteiger partial charge on any atom is -0.352 e. The van der Waals surface area contributed by atoms with Crippen molar-refractivity contribution in [1.82, 2.24) is 10.2 Å². The third kappa shape index (κ3) is 6.33. The Morgan fingerprint density at radius 2 is 1.70 bits per heavy atom. The highest BCUT2D eigenvalue weighted by Gasteiger charge is 2.31. The van der Waals surface area contributed by atoms with Crippen molar-refractivity contribution in [2.45, 2.75) is 70.5 Å². The molecule has 1 N–H and O–H groups in total. The number of hydrogen-bond donors (Lipinski definition) is 1. The van der Waals surface area contributed by atoms with Crippen LogP contribution < -0.4 is 5.32 Å². The zero-order valence-electron chi connectivity index (χ0n) is 17.6. The van der Waals surface area contributed by atoms with E-state index >= 15 is 0 Å². The average molecular weight is 427 g/mol. The van der Waals surface area contributed by atoms with Crippen LogP contribution in [0.5, 0.6) is 0 Å². The van der Waals surface area contributed by atoms with Gasteiger partial charge in [0.05, 0.1) is 0 Å². The summed E-state index contributed by atoms with van der Waals surface area (Å²) in [5, 5.41) is 3.88. The first-order valence-electron chi connectivity index (χ1n) is 10.9. The molecule has 2 amide bonds. The molecule has 4 nitrogen and oxygen atoms in total. The second kappa shape index (κ2) is 11.2. The first kappa shape index (κ1) is 22.4. The lowest BCUT2D eigenvalue weighted by molar-refractivity contribution is -0.141. The van der Waals surface area contributed by atoms with E-state index in [1.807, 2.05) is 61.5 Å². The zero-order chi connectivity index (χ0) is 21.3. The molecule has 0 heterocycles. The van der Waals surface area contributed by atoms with Gasteiger partial charge >= 0.3 is 0 Å². The normalized spacial score (nSPS) is 15.0. The zero-order valence-corrected chi connectivity index (χ0v) is 18.4. The van der Waals surface area contributed by atoms with Gasteiger partial charge in [-0.05, 0) is 42.5 Å². The van der Waals surface area contributed by atoms with Crippen molar-refractivity contribution in [3.05, 3.63) is 70.7 Å². The molecule has 1 aliphatic carbocycles. The van der Waals surface area contributed by atoms with Gasteiger partial charge in [0.1, 0.15) is 6.04 Å². The quantitative estimate of drug-likeness (QED) is 0.603. The van der Waals surface area contributed by atoms with Gasteiger partial charge in [0.25, 0.3) is 0 Å². The van der Waals surface area contributed by atoms with E-state index in [1.54, 1.807) is 4.90 Å². The van der Waals surface area contributed by atoms with Gasteiger partial charge < -0.3 is 10.2 Å². The van der Waals surface area contributed by atoms with E-state index in [-0.39, 0.29) is 17.9 Å². The van der Waals surface area contributed by atoms with Crippen LogP contribution in [-0.4, -0.2) is 28.8 Å². The van der Waals surface area contributed by atoms with Crippen molar-refractivity contribution in [3.63, 3.8) is 0 Å². The number of nitrogens with one attached hydrogen (secondary N) is 1. The number of carbonyl (C=O) groups excluding carboxylic acids is 2. The topological polar surface area (TPSA) is 49.4 Å². The molecule has 1 saturated carbocycles. The molecule has 5 heteroatoms. The average Bonchev–Trinajstić information content (AvgIpc) is 3.26. The lowest BCUT2D eigenvalue weighted by atomic mass is 10.0. The molecule has 160 valence electrons. The van der Waals surface area contributed by atoms with E-state index in [4.69, 9.17) is 11.6 Å². The SMILES string of the molecule is CCCC(=O)N(Cc1ccc(Cl)cc1)[C@@H](Cc1ccccc1)C(=O)NC1CCCC1. The molecule has 0 unspecified atom stereocenters. The fourth-order valence-electron chi connectivity index (χ4n) is 4.07. The molecule has 1 aliphatic rings. The van der Waals surface area contributed by atoms with Crippen molar-refractivity contribution < 1.29 is 9.59 Å². The van der Waals surface area contributed by atoms with Crippen LogP contribution in [0.3, 0.4) is 0 Å². The number of halogens is 1. The maximum atomic E-state index is 13.4. The van der Waals surface area contributed by atoms with Crippen molar-refractivity contribution >= 4 is 23.4 Å². The van der Waals surface area contributed by atoms with Gasteiger partial charge in [0.2, 0.25) is 11.8 Å². The Morgan fingerprint density at radius 3 is 2.33 bits per heavy atom. The molecule has 0 spiro atoms. The highest BCUT2D eigenvalue weighted by molar-refractivity contribution is 6.30. The lowest BCUT2D eigenvalue weighted by Gasteiger charge is -2.32. The second-order valence-electron chi connectivity index (χ2n) is 8.09. The van der Waals surface area contributed by atoms with Gasteiger partial charge in [0.15, 0.2) is 0 Å². The summed E-state index contributed by atoms with van der Waals surface area (Å²) in [7, 11) is 0. The van der Waals surface area contributed by atoms with Crippen molar-refractivity contribution in [2.75, 3.05) is 0 Å². The fraction of sp³-hybridized carbons (Fsp3) is 0.440. The number of hydrogen-bond acceptors (Lipinski definition) is 2. The van der Waals surface area contributed by atoms with E-state index in [0.717, 1.165) is 43.2 Å². The van der Waals surface area contributed by atoms with Crippen LogP contribution in [0.4, 0.5) is 0 Å². The molecule has 0 aliphatic heterocycles. The molecule has 0 bridgehead atoms. The first-order valence-corrected chi connectivity index (χ1v) is 11.3. The third-order valence-corrected chi connectivity index (χ3v) is 5.95. The number of carbonyl (C=O) groups is 2. The molecule has 1 fully saturated rings. The van der Waals surface area contributed by atoms with E-state index in [1.165, 1.54) is 0 Å². The summed E-state index contributed by atoms with van der Waals surface area (Å²) in [6, 6.07) is 17.1. The molecule has 1 atom stereocenters. The molecule has 3 rings (SSSR count). The summed E-state index contributed by atoms with van der Waals surface area (Å²) in [6.07, 6.45) is 6.01. The Balaban J connectivity index is 1.87. The van der Waals surface area contributed by atoms with Crippen LogP contribution in [0, 0.1) is 0 Å². The summed E-state index contributed by atoms with van der Waals surface area (Å²) in [6.45, 7) is 2.38. The van der Waals surface area contributed by atoms with Crippen molar-refractivity contribution in [2.24, 2.45) is 0 Å². The molecule has 2 aromatic carbocycles. The molecule has 30 heavy (non-hydrogen) atoms. The van der Waals surface area contributed by atoms with Crippen LogP contribution in [0.1, 0.15) is 56.6 Å². The van der Waals surface area contributed by atoms with E-state index < -0.39 is 6.04 Å². The van der Waals surface area contributed by atoms with Crippen LogP contribution in [-0.2, 0) is 22.6 Å². The predicted molar refractivity (Wildman–Crippen MR) is 121 cm³/mol. The number of rotatable bonds is 9. The summed E-state index contributed by atoms with van der Waals surface area (Å²) < 4.78 is 0. The smallest absolute Gasteiger partial charge is 0.243 e. The molecular weight excluding hydrogens is 396 g/mol. The molecule has 2 aromatic rings. The minimum absolute atomic E-state index is 0.00922. The molecule has 0 radical (unpaired) electrons. The minimum atomic E-state index is -0.539. The summed E-state index contributed by atoms with van der Waals surface area (Å²) in [5.74, 6) is -0.0425. The van der Waals surface area contributed by atoms with Gasteiger partial charge in [-0.1, -0.05) is 73.8 Å². The largest absolute Gasteiger partial charge is 0.352 e. The monoisotopic (exact) mass is 426 g/mol. The highest BCUT2D eigenvalue weighted by Crippen LogP contribution is 2.21. The second-order valence-corrected chi connectivity index (χ2v) is 8.53. The van der Waals surface area contributed by atoms with Gasteiger partial charge in [-0.3, -0.25) is 9.59 Å². The van der Waals surface area contributed by atoms with Gasteiger partial charge in [-0.2, -0.15) is 0 Å². The van der Waals surface area contributed by atoms with Crippen LogP contribution in [0.25, 0.3) is 0 Å². The summed E-state index contributed by atoms with van der Waals surface area (Å²) in [5.41, 5.74) is 2.02. The Morgan fingerprint density at radius 1 is 1.03 bits per heavy atom. The van der Waals surface area contributed by atoms with Gasteiger partial charge in [-0.15, -0.1) is 0 Å². The lowest BCUT2D eigenvalue weighted by Crippen LogP contribution is -2.52. The maximum absolute atomic E-state index is 13.4. The highest BCUT2D eigenvalue weighted by atomic mass is 35.5. The predicted octanol–water partition coefficient (Wildman–Crippen LogP) is 5.14. The summed E-state index contributed by atoms with van der Waals surface area (Å²) in [4.78, 5) is 28.2. The van der Waals surface area contributed by atoms with Crippen LogP contribution in [0.2, 0.25) is 5.02 Å². The van der Waals surface area contributed by atoms with Gasteiger partial charge in [-0.25, -0.2) is 0 Å². The van der Waals surface area contributed by atoms with Crippen molar-refractivity contribution in [3.8, 4) is 0 Å². The number of nitrogens with zero attached hydrogens (tertiary/aromatic N) is 1. The maximum Gasteiger partial charge on any atom is 0.243 e. The Bertz CT molecular complexity index is 817. The summed E-state index contributed by atoms with van der Waals surface area (Å²) >= 11 is 6.03. The Labute approximate surface area is 184 Å². The molecule has 0 saturated heterocycles. The van der Waals surface area contributed by atoms with E-state index in [2.05, 4.69) is 5.32 Å². The Kier molecular flexibility index (Phi) is 8.32. The van der Waals surface area contributed by atoms with Gasteiger partial charge in [0, 0.05) is 30.5 Å². The van der Waals surface area contributed by atoms with Crippen LogP contribution in [0.15, 0.2) is 54.6 Å². The molecular formula is C25H31ClN2O2.